The predicted octanol–water partition coefficient (Wildman–Crippen LogP) is 3.45. The number of β-lactam (4-membered cyclic amide) rings is 1. The fraction of sp³-hybridized carbons (Fsp3) is 0.381. The molecule has 2 aliphatic rings. The summed E-state index contributed by atoms with van der Waals surface area (Å²) in [6.45, 7) is 4.82. The van der Waals surface area contributed by atoms with E-state index in [1.165, 1.54) is 11.1 Å². The first-order chi connectivity index (χ1) is 11.7. The molecule has 2 unspecified atom stereocenters. The van der Waals surface area contributed by atoms with E-state index in [-0.39, 0.29) is 11.6 Å². The molecule has 0 radical (unpaired) electrons. The van der Waals surface area contributed by atoms with Gasteiger partial charge in [0, 0.05) is 19.6 Å². The van der Waals surface area contributed by atoms with E-state index < -0.39 is 0 Å². The van der Waals surface area contributed by atoms with Crippen LogP contribution in [0.2, 0.25) is 0 Å². The third-order valence-corrected chi connectivity index (χ3v) is 5.59. The molecule has 0 saturated carbocycles. The Kier molecular flexibility index (Phi) is 3.89. The Morgan fingerprint density at radius 2 is 1.54 bits per heavy atom. The summed E-state index contributed by atoms with van der Waals surface area (Å²) in [7, 11) is 0. The second-order valence-corrected chi connectivity index (χ2v) is 7.23. The average molecular weight is 320 g/mol. The summed E-state index contributed by atoms with van der Waals surface area (Å²) in [5.41, 5.74) is 2.54. The summed E-state index contributed by atoms with van der Waals surface area (Å²) in [6.07, 6.45) is 2.24. The lowest BCUT2D eigenvalue weighted by atomic mass is 9.79. The van der Waals surface area contributed by atoms with E-state index in [2.05, 4.69) is 65.3 Å². The highest BCUT2D eigenvalue weighted by atomic mass is 16.2. The maximum atomic E-state index is 12.8. The van der Waals surface area contributed by atoms with Crippen LogP contribution in [0, 0.1) is 0 Å². The fourth-order valence-corrected chi connectivity index (χ4v) is 4.40. The Balaban J connectivity index is 1.62. The van der Waals surface area contributed by atoms with Gasteiger partial charge in [-0.15, -0.1) is 0 Å². The second kappa shape index (κ2) is 6.06. The molecule has 2 aliphatic heterocycles. The molecule has 0 aromatic heterocycles. The molecule has 24 heavy (non-hydrogen) atoms. The molecule has 0 aliphatic carbocycles. The third kappa shape index (κ3) is 2.53. The van der Waals surface area contributed by atoms with E-state index in [9.17, 15) is 4.79 Å². The van der Waals surface area contributed by atoms with Crippen LogP contribution >= 0.6 is 0 Å². The Bertz CT molecular complexity index is 674. The Labute approximate surface area is 143 Å². The summed E-state index contributed by atoms with van der Waals surface area (Å²) in [5.74, 6) is 0.307. The van der Waals surface area contributed by atoms with Crippen molar-refractivity contribution in [2.24, 2.45) is 0 Å². The van der Waals surface area contributed by atoms with Crippen molar-refractivity contribution < 1.29 is 4.79 Å². The molecule has 1 amide bonds. The van der Waals surface area contributed by atoms with Crippen LogP contribution in [0.25, 0.3) is 0 Å². The number of carbonyl (C=O) groups is 1. The minimum atomic E-state index is 0.000382. The number of hydrogen-bond donors (Lipinski definition) is 0. The zero-order chi connectivity index (χ0) is 16.6. The lowest BCUT2D eigenvalue weighted by Gasteiger charge is -2.56. The van der Waals surface area contributed by atoms with E-state index in [0.717, 1.165) is 32.5 Å². The molecule has 4 rings (SSSR count). The van der Waals surface area contributed by atoms with E-state index in [4.69, 9.17) is 0 Å². The minimum Gasteiger partial charge on any atom is -0.334 e. The van der Waals surface area contributed by atoms with Crippen LogP contribution < -0.4 is 0 Å². The quantitative estimate of drug-likeness (QED) is 0.788. The molecular weight excluding hydrogens is 296 g/mol. The van der Waals surface area contributed by atoms with Crippen molar-refractivity contribution in [3.8, 4) is 0 Å². The molecule has 3 heteroatoms. The first-order valence-electron chi connectivity index (χ1n) is 8.82. The number of hydrogen-bond acceptors (Lipinski definition) is 2. The maximum Gasteiger partial charge on any atom is 0.242 e. The molecule has 2 aromatic rings. The first-order valence-corrected chi connectivity index (χ1v) is 8.82. The van der Waals surface area contributed by atoms with Crippen molar-refractivity contribution in [2.75, 3.05) is 6.54 Å². The molecule has 124 valence electrons. The molecule has 2 saturated heterocycles. The molecule has 2 aromatic carbocycles. The van der Waals surface area contributed by atoms with E-state index in [0.29, 0.717) is 5.91 Å². The molecule has 0 bridgehead atoms. The first kappa shape index (κ1) is 15.4. The molecule has 2 atom stereocenters. The molecule has 0 spiro atoms. The molecule has 0 N–H and O–H groups in total. The molecular formula is C21H24N2O. The van der Waals surface area contributed by atoms with E-state index >= 15 is 0 Å². The third-order valence-electron chi connectivity index (χ3n) is 5.59. The van der Waals surface area contributed by atoms with Crippen molar-refractivity contribution >= 4 is 5.91 Å². The van der Waals surface area contributed by atoms with Crippen LogP contribution in [-0.2, 0) is 17.9 Å². The van der Waals surface area contributed by atoms with Gasteiger partial charge in [-0.05, 0) is 30.9 Å². The largest absolute Gasteiger partial charge is 0.334 e. The number of amides is 1. The Morgan fingerprint density at radius 1 is 1.00 bits per heavy atom. The molecule has 3 nitrogen and oxygen atoms in total. The normalized spacial score (nSPS) is 25.7. The van der Waals surface area contributed by atoms with Crippen LogP contribution in [0.3, 0.4) is 0 Å². The van der Waals surface area contributed by atoms with Gasteiger partial charge in [-0.1, -0.05) is 60.7 Å². The highest BCUT2D eigenvalue weighted by Gasteiger charge is 2.60. The van der Waals surface area contributed by atoms with Crippen LogP contribution in [0.5, 0.6) is 0 Å². The minimum absolute atomic E-state index is 0.000382. The van der Waals surface area contributed by atoms with Gasteiger partial charge in [-0.25, -0.2) is 0 Å². The Morgan fingerprint density at radius 3 is 2.08 bits per heavy atom. The zero-order valence-electron chi connectivity index (χ0n) is 14.2. The van der Waals surface area contributed by atoms with Gasteiger partial charge in [0.2, 0.25) is 5.91 Å². The van der Waals surface area contributed by atoms with Crippen molar-refractivity contribution in [1.29, 1.82) is 0 Å². The summed E-state index contributed by atoms with van der Waals surface area (Å²) in [4.78, 5) is 17.2. The lowest BCUT2D eigenvalue weighted by molar-refractivity contribution is -0.168. The average Bonchev–Trinajstić information content (AvgIpc) is 2.94. The van der Waals surface area contributed by atoms with Gasteiger partial charge in [0.1, 0.15) is 6.04 Å². The molecule has 2 fully saturated rings. The van der Waals surface area contributed by atoms with Crippen molar-refractivity contribution in [2.45, 2.75) is 44.4 Å². The summed E-state index contributed by atoms with van der Waals surface area (Å²) in [5, 5.41) is 0. The van der Waals surface area contributed by atoms with Crippen molar-refractivity contribution in [3.63, 3.8) is 0 Å². The van der Waals surface area contributed by atoms with E-state index in [1.807, 2.05) is 12.1 Å². The Hall–Kier alpha value is -2.13. The standard InChI is InChI=1S/C21H24N2O/c1-21-13-8-14-23(21)20(24)19(21)22(15-17-9-4-2-5-10-17)16-18-11-6-3-7-12-18/h2-7,9-12,19H,8,13-16H2,1H3. The van der Waals surface area contributed by atoms with Gasteiger partial charge in [0.15, 0.2) is 0 Å². The second-order valence-electron chi connectivity index (χ2n) is 7.23. The van der Waals surface area contributed by atoms with Gasteiger partial charge in [-0.3, -0.25) is 9.69 Å². The summed E-state index contributed by atoms with van der Waals surface area (Å²) < 4.78 is 0. The van der Waals surface area contributed by atoms with Gasteiger partial charge in [0.05, 0.1) is 5.54 Å². The lowest BCUT2D eigenvalue weighted by Crippen LogP contribution is -2.74. The fourth-order valence-electron chi connectivity index (χ4n) is 4.40. The van der Waals surface area contributed by atoms with Crippen molar-refractivity contribution in [3.05, 3.63) is 71.8 Å². The van der Waals surface area contributed by atoms with Gasteiger partial charge < -0.3 is 4.90 Å². The number of carbonyl (C=O) groups excluding carboxylic acids is 1. The number of benzene rings is 2. The summed E-state index contributed by atoms with van der Waals surface area (Å²) >= 11 is 0. The van der Waals surface area contributed by atoms with Gasteiger partial charge in [-0.2, -0.15) is 0 Å². The van der Waals surface area contributed by atoms with Crippen LogP contribution in [0.15, 0.2) is 60.7 Å². The number of rotatable bonds is 5. The van der Waals surface area contributed by atoms with Crippen molar-refractivity contribution in [1.82, 2.24) is 9.80 Å². The molecule has 2 heterocycles. The van der Waals surface area contributed by atoms with Gasteiger partial charge in [0.25, 0.3) is 0 Å². The number of nitrogens with zero attached hydrogens (tertiary/aromatic N) is 2. The van der Waals surface area contributed by atoms with E-state index in [1.54, 1.807) is 0 Å². The van der Waals surface area contributed by atoms with Crippen LogP contribution in [-0.4, -0.2) is 33.8 Å². The van der Waals surface area contributed by atoms with Gasteiger partial charge >= 0.3 is 0 Å². The maximum absolute atomic E-state index is 12.8. The zero-order valence-corrected chi connectivity index (χ0v) is 14.2. The van der Waals surface area contributed by atoms with Crippen LogP contribution in [0.4, 0.5) is 0 Å². The SMILES string of the molecule is CC12CCCN1C(=O)C2N(Cc1ccccc1)Cc1ccccc1. The highest BCUT2D eigenvalue weighted by Crippen LogP contribution is 2.44. The monoisotopic (exact) mass is 320 g/mol. The topological polar surface area (TPSA) is 23.6 Å². The highest BCUT2D eigenvalue weighted by molar-refractivity contribution is 5.91. The predicted molar refractivity (Wildman–Crippen MR) is 95.3 cm³/mol. The van der Waals surface area contributed by atoms with Crippen LogP contribution in [0.1, 0.15) is 30.9 Å². The smallest absolute Gasteiger partial charge is 0.242 e. The number of fused-ring (bicyclic) bond motifs is 1. The summed E-state index contributed by atoms with van der Waals surface area (Å²) in [6, 6.07) is 21.0.